The van der Waals surface area contributed by atoms with Crippen molar-refractivity contribution < 1.29 is 9.53 Å². The number of aromatic nitrogens is 1. The van der Waals surface area contributed by atoms with Crippen LogP contribution in [0.15, 0.2) is 42.5 Å². The van der Waals surface area contributed by atoms with Gasteiger partial charge in [0.1, 0.15) is 5.75 Å². The first-order valence-electron chi connectivity index (χ1n) is 7.25. The molecule has 0 unspecified atom stereocenters. The predicted octanol–water partition coefficient (Wildman–Crippen LogP) is 4.33. The molecule has 0 aliphatic carbocycles. The van der Waals surface area contributed by atoms with E-state index in [0.717, 1.165) is 10.2 Å². The molecule has 0 saturated carbocycles. The van der Waals surface area contributed by atoms with Crippen molar-refractivity contribution in [1.29, 1.82) is 0 Å². The van der Waals surface area contributed by atoms with Crippen LogP contribution in [0, 0.1) is 0 Å². The van der Waals surface area contributed by atoms with Crippen LogP contribution in [0.1, 0.15) is 13.8 Å². The van der Waals surface area contributed by atoms with E-state index < -0.39 is 5.60 Å². The molecule has 0 saturated heterocycles. The number of hydrogen-bond donors (Lipinski definition) is 2. The molecule has 0 bridgehead atoms. The minimum absolute atomic E-state index is 0.255. The average molecular weight is 362 g/mol. The van der Waals surface area contributed by atoms with Crippen LogP contribution >= 0.6 is 22.9 Å². The standard InChI is InChI=1S/C17H16ClN3O2S/c1-17(2,23-12-6-3-10(18)4-7-12)15(22)20-11-5-8-13-14(9-11)24-16(19)21-13/h3-9H,1-2H3,(H2,19,21)(H,20,22). The van der Waals surface area contributed by atoms with Crippen molar-refractivity contribution in [3.8, 4) is 5.75 Å². The van der Waals surface area contributed by atoms with Gasteiger partial charge in [-0.05, 0) is 56.3 Å². The zero-order valence-corrected chi connectivity index (χ0v) is 14.7. The van der Waals surface area contributed by atoms with E-state index in [1.54, 1.807) is 44.2 Å². The molecule has 0 fully saturated rings. The Labute approximate surface area is 148 Å². The van der Waals surface area contributed by atoms with Crippen LogP contribution in [0.4, 0.5) is 10.8 Å². The first kappa shape index (κ1) is 16.5. The van der Waals surface area contributed by atoms with Crippen LogP contribution < -0.4 is 15.8 Å². The van der Waals surface area contributed by atoms with Gasteiger partial charge in [0.25, 0.3) is 5.91 Å². The lowest BCUT2D eigenvalue weighted by Gasteiger charge is -2.25. The van der Waals surface area contributed by atoms with Gasteiger partial charge in [0.05, 0.1) is 10.2 Å². The quantitative estimate of drug-likeness (QED) is 0.725. The number of rotatable bonds is 4. The molecule has 1 heterocycles. The molecule has 3 rings (SSSR count). The summed E-state index contributed by atoms with van der Waals surface area (Å²) in [6.07, 6.45) is 0. The van der Waals surface area contributed by atoms with E-state index in [2.05, 4.69) is 10.3 Å². The zero-order valence-electron chi connectivity index (χ0n) is 13.2. The fourth-order valence-corrected chi connectivity index (χ4v) is 3.04. The van der Waals surface area contributed by atoms with E-state index in [1.807, 2.05) is 12.1 Å². The molecular formula is C17H16ClN3O2S. The fraction of sp³-hybridized carbons (Fsp3) is 0.176. The number of ether oxygens (including phenoxy) is 1. The maximum atomic E-state index is 12.5. The van der Waals surface area contributed by atoms with E-state index in [4.69, 9.17) is 22.1 Å². The van der Waals surface area contributed by atoms with E-state index in [-0.39, 0.29) is 5.91 Å². The largest absolute Gasteiger partial charge is 0.478 e. The number of carbonyl (C=O) groups is 1. The number of nitrogens with two attached hydrogens (primary N) is 1. The van der Waals surface area contributed by atoms with Gasteiger partial charge in [-0.2, -0.15) is 0 Å². The molecule has 0 spiro atoms. The number of thiazole rings is 1. The first-order chi connectivity index (χ1) is 11.3. The van der Waals surface area contributed by atoms with Gasteiger partial charge in [-0.15, -0.1) is 0 Å². The summed E-state index contributed by atoms with van der Waals surface area (Å²) in [6, 6.07) is 12.3. The smallest absolute Gasteiger partial charge is 0.267 e. The molecule has 0 aliphatic heterocycles. The first-order valence-corrected chi connectivity index (χ1v) is 8.45. The van der Waals surface area contributed by atoms with Gasteiger partial charge in [0.15, 0.2) is 10.7 Å². The number of anilines is 2. The molecule has 3 aromatic rings. The van der Waals surface area contributed by atoms with Gasteiger partial charge in [-0.25, -0.2) is 4.98 Å². The summed E-state index contributed by atoms with van der Waals surface area (Å²) in [5.41, 5.74) is 6.13. The minimum atomic E-state index is -1.05. The molecule has 0 atom stereocenters. The highest BCUT2D eigenvalue weighted by atomic mass is 35.5. The molecule has 3 N–H and O–H groups in total. The topological polar surface area (TPSA) is 77.2 Å². The molecule has 1 aromatic heterocycles. The van der Waals surface area contributed by atoms with Crippen molar-refractivity contribution in [3.05, 3.63) is 47.5 Å². The van der Waals surface area contributed by atoms with Crippen molar-refractivity contribution in [1.82, 2.24) is 4.98 Å². The monoisotopic (exact) mass is 361 g/mol. The molecule has 24 heavy (non-hydrogen) atoms. The number of fused-ring (bicyclic) bond motifs is 1. The van der Waals surface area contributed by atoms with Crippen molar-refractivity contribution in [2.24, 2.45) is 0 Å². The average Bonchev–Trinajstić information content (AvgIpc) is 2.88. The molecular weight excluding hydrogens is 346 g/mol. The minimum Gasteiger partial charge on any atom is -0.478 e. The van der Waals surface area contributed by atoms with Crippen LogP contribution in [0.25, 0.3) is 10.2 Å². The number of halogens is 1. The third-order valence-corrected chi connectivity index (χ3v) is 4.50. The summed E-state index contributed by atoms with van der Waals surface area (Å²) >= 11 is 7.23. The molecule has 124 valence electrons. The number of nitrogen functional groups attached to an aromatic ring is 1. The molecule has 0 radical (unpaired) electrons. The van der Waals surface area contributed by atoms with Gasteiger partial charge < -0.3 is 15.8 Å². The second kappa shape index (κ2) is 6.30. The van der Waals surface area contributed by atoms with E-state index >= 15 is 0 Å². The highest BCUT2D eigenvalue weighted by molar-refractivity contribution is 7.22. The van der Waals surface area contributed by atoms with Crippen LogP contribution in [0.5, 0.6) is 5.75 Å². The Balaban J connectivity index is 1.74. The molecule has 2 aromatic carbocycles. The Hall–Kier alpha value is -2.31. The summed E-state index contributed by atoms with van der Waals surface area (Å²) in [4.78, 5) is 16.7. The van der Waals surface area contributed by atoms with E-state index in [1.165, 1.54) is 11.3 Å². The van der Waals surface area contributed by atoms with Crippen molar-refractivity contribution in [3.63, 3.8) is 0 Å². The number of carbonyl (C=O) groups excluding carboxylic acids is 1. The second-order valence-electron chi connectivity index (χ2n) is 5.76. The Kier molecular flexibility index (Phi) is 4.34. The number of nitrogens with one attached hydrogen (secondary N) is 1. The van der Waals surface area contributed by atoms with E-state index in [9.17, 15) is 4.79 Å². The summed E-state index contributed by atoms with van der Waals surface area (Å²) < 4.78 is 6.70. The third-order valence-electron chi connectivity index (χ3n) is 3.40. The zero-order chi connectivity index (χ0) is 17.3. The summed E-state index contributed by atoms with van der Waals surface area (Å²) in [6.45, 7) is 3.42. The highest BCUT2D eigenvalue weighted by Gasteiger charge is 2.30. The maximum absolute atomic E-state index is 12.5. The number of hydrogen-bond acceptors (Lipinski definition) is 5. The molecule has 7 heteroatoms. The lowest BCUT2D eigenvalue weighted by molar-refractivity contribution is -0.128. The summed E-state index contributed by atoms with van der Waals surface area (Å²) in [5.74, 6) is 0.319. The van der Waals surface area contributed by atoms with Crippen LogP contribution in [0.3, 0.4) is 0 Å². The van der Waals surface area contributed by atoms with Gasteiger partial charge >= 0.3 is 0 Å². The molecule has 0 aliphatic rings. The van der Waals surface area contributed by atoms with Crippen molar-refractivity contribution >= 4 is 49.9 Å². The predicted molar refractivity (Wildman–Crippen MR) is 98.8 cm³/mol. The highest BCUT2D eigenvalue weighted by Crippen LogP contribution is 2.27. The Morgan fingerprint density at radius 1 is 1.25 bits per heavy atom. The number of nitrogens with zero attached hydrogens (tertiary/aromatic N) is 1. The maximum Gasteiger partial charge on any atom is 0.267 e. The van der Waals surface area contributed by atoms with E-state index in [0.29, 0.717) is 21.6 Å². The van der Waals surface area contributed by atoms with Gasteiger partial charge in [-0.3, -0.25) is 4.79 Å². The lowest BCUT2D eigenvalue weighted by Crippen LogP contribution is -2.42. The van der Waals surface area contributed by atoms with Crippen molar-refractivity contribution in [2.45, 2.75) is 19.4 Å². The summed E-state index contributed by atoms with van der Waals surface area (Å²) in [5, 5.41) is 3.98. The Morgan fingerprint density at radius 2 is 1.96 bits per heavy atom. The van der Waals surface area contributed by atoms with Crippen molar-refractivity contribution in [2.75, 3.05) is 11.1 Å². The SMILES string of the molecule is CC(C)(Oc1ccc(Cl)cc1)C(=O)Nc1ccc2nc(N)sc2c1. The fourth-order valence-electron chi connectivity index (χ4n) is 2.15. The normalized spacial score (nSPS) is 11.5. The lowest BCUT2D eigenvalue weighted by atomic mass is 10.1. The molecule has 1 amide bonds. The van der Waals surface area contributed by atoms with Gasteiger partial charge in [0.2, 0.25) is 0 Å². The Morgan fingerprint density at radius 3 is 2.67 bits per heavy atom. The van der Waals surface area contributed by atoms with Gasteiger partial charge in [-0.1, -0.05) is 22.9 Å². The van der Waals surface area contributed by atoms with Crippen LogP contribution in [-0.2, 0) is 4.79 Å². The molecule has 5 nitrogen and oxygen atoms in total. The number of amides is 1. The number of benzene rings is 2. The summed E-state index contributed by atoms with van der Waals surface area (Å²) in [7, 11) is 0. The van der Waals surface area contributed by atoms with Crippen LogP contribution in [0.2, 0.25) is 5.02 Å². The third kappa shape index (κ3) is 3.60. The van der Waals surface area contributed by atoms with Gasteiger partial charge in [0, 0.05) is 10.7 Å². The Bertz CT molecular complexity index is 890. The van der Waals surface area contributed by atoms with Crippen LogP contribution in [-0.4, -0.2) is 16.5 Å². The second-order valence-corrected chi connectivity index (χ2v) is 7.25.